The van der Waals surface area contributed by atoms with Gasteiger partial charge < -0.3 is 4.74 Å². The van der Waals surface area contributed by atoms with E-state index in [1.807, 2.05) is 18.4 Å². The molecular formula is C19H25NO. The molecule has 0 spiro atoms. The summed E-state index contributed by atoms with van der Waals surface area (Å²) in [6.07, 6.45) is 11.2. The lowest BCUT2D eigenvalue weighted by Gasteiger charge is -2.28. The van der Waals surface area contributed by atoms with Crippen LogP contribution in [0.2, 0.25) is 0 Å². The maximum Gasteiger partial charge on any atom is 0.0991 e. The monoisotopic (exact) mass is 283 g/mol. The second-order valence-corrected chi connectivity index (χ2v) is 5.89. The molecule has 1 aliphatic rings. The fraction of sp³-hybridized carbons (Fsp3) is 0.526. The molecule has 0 amide bonds. The third-order valence-corrected chi connectivity index (χ3v) is 4.43. The predicted molar refractivity (Wildman–Crippen MR) is 85.9 cm³/mol. The van der Waals surface area contributed by atoms with E-state index in [0.717, 1.165) is 24.5 Å². The summed E-state index contributed by atoms with van der Waals surface area (Å²) in [5.74, 6) is 1.49. The van der Waals surface area contributed by atoms with Crippen LogP contribution in [-0.2, 0) is 4.74 Å². The van der Waals surface area contributed by atoms with E-state index < -0.39 is 0 Å². The van der Waals surface area contributed by atoms with E-state index in [-0.39, 0.29) is 0 Å². The number of rotatable bonds is 6. The molecule has 0 radical (unpaired) electrons. The van der Waals surface area contributed by atoms with Gasteiger partial charge in [-0.05, 0) is 68.1 Å². The highest BCUT2D eigenvalue weighted by Gasteiger charge is 2.22. The minimum absolute atomic E-state index is 0.676. The summed E-state index contributed by atoms with van der Waals surface area (Å²) in [7, 11) is 0. The molecule has 0 unspecified atom stereocenters. The fourth-order valence-electron chi connectivity index (χ4n) is 3.08. The number of ether oxygens (including phenoxy) is 1. The summed E-state index contributed by atoms with van der Waals surface area (Å²) in [6.45, 7) is 2.97. The minimum atomic E-state index is 0.676. The van der Waals surface area contributed by atoms with Crippen molar-refractivity contribution in [3.63, 3.8) is 0 Å². The van der Waals surface area contributed by atoms with Gasteiger partial charge >= 0.3 is 0 Å². The first-order valence-corrected chi connectivity index (χ1v) is 8.10. The molecule has 0 atom stereocenters. The molecule has 0 heterocycles. The molecule has 1 aromatic rings. The average Bonchev–Trinajstić information content (AvgIpc) is 2.55. The van der Waals surface area contributed by atoms with Gasteiger partial charge in [0, 0.05) is 0 Å². The highest BCUT2D eigenvalue weighted by molar-refractivity contribution is 5.33. The Morgan fingerprint density at radius 1 is 1.19 bits per heavy atom. The quantitative estimate of drug-likeness (QED) is 0.533. The first-order chi connectivity index (χ1) is 10.3. The molecular weight excluding hydrogens is 258 g/mol. The molecule has 0 bridgehead atoms. The molecule has 1 saturated carbocycles. The Bertz CT molecular complexity index is 475. The van der Waals surface area contributed by atoms with Crippen molar-refractivity contribution < 1.29 is 4.74 Å². The lowest BCUT2D eigenvalue weighted by atomic mass is 9.77. The third kappa shape index (κ3) is 4.93. The molecule has 2 heteroatoms. The van der Waals surface area contributed by atoms with E-state index >= 15 is 0 Å². The van der Waals surface area contributed by atoms with Gasteiger partial charge in [0.25, 0.3) is 0 Å². The largest absolute Gasteiger partial charge is 0.502 e. The van der Waals surface area contributed by atoms with E-state index in [1.54, 1.807) is 0 Å². The lowest BCUT2D eigenvalue weighted by molar-refractivity contribution is 0.198. The van der Waals surface area contributed by atoms with Crippen LogP contribution in [0.25, 0.3) is 0 Å². The number of allylic oxidation sites excluding steroid dienone is 1. The Morgan fingerprint density at radius 3 is 2.52 bits per heavy atom. The number of benzene rings is 1. The predicted octanol–water partition coefficient (Wildman–Crippen LogP) is 5.16. The first-order valence-electron chi connectivity index (χ1n) is 8.10. The van der Waals surface area contributed by atoms with Crippen LogP contribution >= 0.6 is 0 Å². The van der Waals surface area contributed by atoms with Crippen LogP contribution in [-0.4, -0.2) is 6.61 Å². The Hall–Kier alpha value is -1.75. The standard InChI is InChI=1S/C19H25NO/c1-2-3-13-21-14-12-16-4-8-18(9-5-16)19-10-6-17(15-20)7-11-19/h3,6-7,10-11,13,16,18H,2,4-5,8-9,12,14H2,1H3. The van der Waals surface area contributed by atoms with Crippen LogP contribution in [0.4, 0.5) is 0 Å². The molecule has 0 aliphatic heterocycles. The normalized spacial score (nSPS) is 22.1. The maximum atomic E-state index is 8.84. The highest BCUT2D eigenvalue weighted by Crippen LogP contribution is 2.37. The number of nitrogens with zero attached hydrogens (tertiary/aromatic N) is 1. The van der Waals surface area contributed by atoms with Crippen molar-refractivity contribution in [2.24, 2.45) is 5.92 Å². The molecule has 1 fully saturated rings. The van der Waals surface area contributed by atoms with Gasteiger partial charge in [-0.2, -0.15) is 5.26 Å². The first kappa shape index (κ1) is 15.6. The zero-order chi connectivity index (χ0) is 14.9. The smallest absolute Gasteiger partial charge is 0.0991 e. The summed E-state index contributed by atoms with van der Waals surface area (Å²) in [5.41, 5.74) is 2.15. The molecule has 0 N–H and O–H groups in total. The van der Waals surface area contributed by atoms with Gasteiger partial charge in [-0.25, -0.2) is 0 Å². The van der Waals surface area contributed by atoms with Gasteiger partial charge in [-0.3, -0.25) is 0 Å². The fourth-order valence-corrected chi connectivity index (χ4v) is 3.08. The van der Waals surface area contributed by atoms with Gasteiger partial charge in [0.05, 0.1) is 24.5 Å². The van der Waals surface area contributed by atoms with Crippen molar-refractivity contribution >= 4 is 0 Å². The Kier molecular flexibility index (Phi) is 6.34. The van der Waals surface area contributed by atoms with Gasteiger partial charge in [-0.1, -0.05) is 25.1 Å². The van der Waals surface area contributed by atoms with Gasteiger partial charge in [-0.15, -0.1) is 0 Å². The molecule has 21 heavy (non-hydrogen) atoms. The van der Waals surface area contributed by atoms with Crippen molar-refractivity contribution in [1.29, 1.82) is 5.26 Å². The summed E-state index contributed by atoms with van der Waals surface area (Å²) >= 11 is 0. The van der Waals surface area contributed by atoms with Crippen LogP contribution < -0.4 is 0 Å². The van der Waals surface area contributed by atoms with Crippen LogP contribution in [0, 0.1) is 17.2 Å². The number of nitriles is 1. The van der Waals surface area contributed by atoms with E-state index in [0.29, 0.717) is 5.92 Å². The average molecular weight is 283 g/mol. The van der Waals surface area contributed by atoms with E-state index in [1.165, 1.54) is 37.7 Å². The Balaban J connectivity index is 1.72. The number of hydrogen-bond donors (Lipinski definition) is 0. The summed E-state index contributed by atoms with van der Waals surface area (Å²) in [5, 5.41) is 8.84. The van der Waals surface area contributed by atoms with Gasteiger partial charge in [0.2, 0.25) is 0 Å². The number of hydrogen-bond acceptors (Lipinski definition) is 2. The van der Waals surface area contributed by atoms with Crippen molar-refractivity contribution in [1.82, 2.24) is 0 Å². The van der Waals surface area contributed by atoms with Crippen LogP contribution in [0.5, 0.6) is 0 Å². The topological polar surface area (TPSA) is 33.0 Å². The lowest BCUT2D eigenvalue weighted by Crippen LogP contribution is -2.14. The second kappa shape index (κ2) is 8.52. The minimum Gasteiger partial charge on any atom is -0.502 e. The van der Waals surface area contributed by atoms with E-state index in [9.17, 15) is 0 Å². The van der Waals surface area contributed by atoms with Gasteiger partial charge in [0.15, 0.2) is 0 Å². The van der Waals surface area contributed by atoms with Crippen molar-refractivity contribution in [3.05, 3.63) is 47.7 Å². The van der Waals surface area contributed by atoms with Crippen molar-refractivity contribution in [3.8, 4) is 6.07 Å². The SMILES string of the molecule is CCC=COCCC1CCC(c2ccc(C#N)cc2)CC1. The molecule has 0 aromatic heterocycles. The van der Waals surface area contributed by atoms with Crippen molar-refractivity contribution in [2.75, 3.05) is 6.61 Å². The second-order valence-electron chi connectivity index (χ2n) is 5.89. The highest BCUT2D eigenvalue weighted by atomic mass is 16.5. The molecule has 1 aromatic carbocycles. The van der Waals surface area contributed by atoms with E-state index in [2.05, 4.69) is 31.2 Å². The summed E-state index contributed by atoms with van der Waals surface area (Å²) in [4.78, 5) is 0. The van der Waals surface area contributed by atoms with Crippen LogP contribution in [0.1, 0.15) is 62.5 Å². The maximum absolute atomic E-state index is 8.84. The zero-order valence-electron chi connectivity index (χ0n) is 12.9. The molecule has 2 nitrogen and oxygen atoms in total. The Morgan fingerprint density at radius 2 is 1.90 bits per heavy atom. The summed E-state index contributed by atoms with van der Waals surface area (Å²) in [6, 6.07) is 10.3. The molecule has 1 aliphatic carbocycles. The van der Waals surface area contributed by atoms with Crippen LogP contribution in [0.15, 0.2) is 36.6 Å². The molecule has 0 saturated heterocycles. The van der Waals surface area contributed by atoms with Crippen LogP contribution in [0.3, 0.4) is 0 Å². The summed E-state index contributed by atoms with van der Waals surface area (Å²) < 4.78 is 5.50. The van der Waals surface area contributed by atoms with Crippen molar-refractivity contribution in [2.45, 2.75) is 51.4 Å². The molecule has 2 rings (SSSR count). The Labute approximate surface area is 128 Å². The van der Waals surface area contributed by atoms with Gasteiger partial charge in [0.1, 0.15) is 0 Å². The van der Waals surface area contributed by atoms with E-state index in [4.69, 9.17) is 10.00 Å². The third-order valence-electron chi connectivity index (χ3n) is 4.43. The molecule has 112 valence electrons. The zero-order valence-corrected chi connectivity index (χ0v) is 12.9.